The largest absolute Gasteiger partial charge is 0.364 e. The summed E-state index contributed by atoms with van der Waals surface area (Å²) in [6.45, 7) is 3.66. The van der Waals surface area contributed by atoms with E-state index in [4.69, 9.17) is 0 Å². The smallest absolute Gasteiger partial charge is 0.219 e. The SMILES string of the molecule is CC(=O)N1CCC(Cc2ccc(NCc3ccccc3F)nn2)CC1. The maximum Gasteiger partial charge on any atom is 0.219 e. The van der Waals surface area contributed by atoms with E-state index in [0.29, 0.717) is 23.8 Å². The van der Waals surface area contributed by atoms with Gasteiger partial charge in [0.1, 0.15) is 11.6 Å². The molecule has 6 heteroatoms. The van der Waals surface area contributed by atoms with Gasteiger partial charge in [0.15, 0.2) is 0 Å². The summed E-state index contributed by atoms with van der Waals surface area (Å²) in [5, 5.41) is 11.6. The van der Waals surface area contributed by atoms with Gasteiger partial charge >= 0.3 is 0 Å². The van der Waals surface area contributed by atoms with E-state index in [1.165, 1.54) is 6.07 Å². The highest BCUT2D eigenvalue weighted by Gasteiger charge is 2.21. The number of nitrogens with one attached hydrogen (secondary N) is 1. The van der Waals surface area contributed by atoms with Gasteiger partial charge in [-0.1, -0.05) is 18.2 Å². The quantitative estimate of drug-likeness (QED) is 0.907. The van der Waals surface area contributed by atoms with Crippen molar-refractivity contribution in [2.45, 2.75) is 32.7 Å². The Hall–Kier alpha value is -2.50. The predicted molar refractivity (Wildman–Crippen MR) is 94.4 cm³/mol. The van der Waals surface area contributed by atoms with Crippen molar-refractivity contribution < 1.29 is 9.18 Å². The van der Waals surface area contributed by atoms with E-state index in [2.05, 4.69) is 15.5 Å². The number of nitrogens with zero attached hydrogens (tertiary/aromatic N) is 3. The number of hydrogen-bond donors (Lipinski definition) is 1. The van der Waals surface area contributed by atoms with Gasteiger partial charge in [0.25, 0.3) is 0 Å². The van der Waals surface area contributed by atoms with Crippen molar-refractivity contribution in [3.05, 3.63) is 53.5 Å². The lowest BCUT2D eigenvalue weighted by atomic mass is 9.92. The maximum absolute atomic E-state index is 13.6. The standard InChI is InChI=1S/C19H23FN4O/c1-14(25)24-10-8-15(9-11-24)12-17-6-7-19(23-22-17)21-13-16-4-2-3-5-18(16)20/h2-7,15H,8-13H2,1H3,(H,21,23). The van der Waals surface area contributed by atoms with Crippen molar-refractivity contribution in [3.8, 4) is 0 Å². The molecule has 1 aliphatic heterocycles. The van der Waals surface area contributed by atoms with E-state index < -0.39 is 0 Å². The van der Waals surface area contributed by atoms with Crippen molar-refractivity contribution in [3.63, 3.8) is 0 Å². The van der Waals surface area contributed by atoms with Gasteiger partial charge in [-0.05, 0) is 43.4 Å². The molecule has 0 unspecified atom stereocenters. The molecule has 1 amide bonds. The van der Waals surface area contributed by atoms with Crippen LogP contribution < -0.4 is 5.32 Å². The number of halogens is 1. The van der Waals surface area contributed by atoms with Crippen molar-refractivity contribution in [1.29, 1.82) is 0 Å². The summed E-state index contributed by atoms with van der Waals surface area (Å²) in [6.07, 6.45) is 2.90. The number of amides is 1. The molecule has 5 nitrogen and oxygen atoms in total. The van der Waals surface area contributed by atoms with Crippen LogP contribution in [0.2, 0.25) is 0 Å². The van der Waals surface area contributed by atoms with Gasteiger partial charge in [0.2, 0.25) is 5.91 Å². The summed E-state index contributed by atoms with van der Waals surface area (Å²) in [5.74, 6) is 1.11. The molecule has 0 bridgehead atoms. The summed E-state index contributed by atoms with van der Waals surface area (Å²) in [5.41, 5.74) is 1.56. The third kappa shape index (κ3) is 4.75. The molecule has 1 N–H and O–H groups in total. The van der Waals surface area contributed by atoms with Gasteiger partial charge in [-0.25, -0.2) is 4.39 Å². The molecule has 0 atom stereocenters. The van der Waals surface area contributed by atoms with Gasteiger partial charge in [0.05, 0.1) is 5.69 Å². The van der Waals surface area contributed by atoms with Gasteiger partial charge in [0, 0.05) is 32.1 Å². The number of piperidine rings is 1. The van der Waals surface area contributed by atoms with Crippen LogP contribution in [0.1, 0.15) is 31.0 Å². The molecule has 0 radical (unpaired) electrons. The first-order chi connectivity index (χ1) is 12.1. The van der Waals surface area contributed by atoms with Crippen LogP contribution >= 0.6 is 0 Å². The molecular formula is C19H23FN4O. The van der Waals surface area contributed by atoms with Gasteiger partial charge in [-0.15, -0.1) is 5.10 Å². The number of likely N-dealkylation sites (tertiary alicyclic amines) is 1. The normalized spacial score (nSPS) is 15.2. The Balaban J connectivity index is 1.49. The summed E-state index contributed by atoms with van der Waals surface area (Å²) in [6, 6.07) is 10.5. The average Bonchev–Trinajstić information content (AvgIpc) is 2.63. The van der Waals surface area contributed by atoms with E-state index in [1.54, 1.807) is 19.1 Å². The number of benzene rings is 1. The van der Waals surface area contributed by atoms with Crippen LogP contribution in [0.15, 0.2) is 36.4 Å². The second-order valence-electron chi connectivity index (χ2n) is 6.51. The minimum Gasteiger partial charge on any atom is -0.364 e. The molecule has 1 aliphatic rings. The van der Waals surface area contributed by atoms with Crippen LogP contribution in [0.4, 0.5) is 10.2 Å². The molecular weight excluding hydrogens is 319 g/mol. The highest BCUT2D eigenvalue weighted by Crippen LogP contribution is 2.21. The lowest BCUT2D eigenvalue weighted by Gasteiger charge is -2.31. The first-order valence-corrected chi connectivity index (χ1v) is 8.67. The molecule has 132 valence electrons. The molecule has 0 saturated carbocycles. The van der Waals surface area contributed by atoms with Crippen LogP contribution in [-0.4, -0.2) is 34.1 Å². The summed E-state index contributed by atoms with van der Waals surface area (Å²) < 4.78 is 13.6. The Labute approximate surface area is 147 Å². The van der Waals surface area contributed by atoms with Crippen molar-refractivity contribution in [2.75, 3.05) is 18.4 Å². The van der Waals surface area contributed by atoms with Crippen molar-refractivity contribution >= 4 is 11.7 Å². The average molecular weight is 342 g/mol. The third-order valence-corrected chi connectivity index (χ3v) is 4.70. The van der Waals surface area contributed by atoms with Crippen LogP contribution in [0, 0.1) is 11.7 Å². The Morgan fingerprint density at radius 2 is 1.96 bits per heavy atom. The van der Waals surface area contributed by atoms with Gasteiger partial charge in [-0.2, -0.15) is 5.10 Å². The fourth-order valence-corrected chi connectivity index (χ4v) is 3.14. The minimum atomic E-state index is -0.225. The Morgan fingerprint density at radius 1 is 1.20 bits per heavy atom. The number of anilines is 1. The lowest BCUT2D eigenvalue weighted by molar-refractivity contribution is -0.130. The summed E-state index contributed by atoms with van der Waals surface area (Å²) in [7, 11) is 0. The Bertz CT molecular complexity index is 712. The second kappa shape index (κ2) is 8.05. The fourth-order valence-electron chi connectivity index (χ4n) is 3.14. The van der Waals surface area contributed by atoms with Crippen LogP contribution in [0.25, 0.3) is 0 Å². The van der Waals surface area contributed by atoms with Crippen molar-refractivity contribution in [1.82, 2.24) is 15.1 Å². The third-order valence-electron chi connectivity index (χ3n) is 4.70. The number of aromatic nitrogens is 2. The Kier molecular flexibility index (Phi) is 5.58. The zero-order valence-corrected chi connectivity index (χ0v) is 14.4. The first kappa shape index (κ1) is 17.3. The molecule has 0 spiro atoms. The lowest BCUT2D eigenvalue weighted by Crippen LogP contribution is -2.37. The maximum atomic E-state index is 13.6. The molecule has 1 fully saturated rings. The molecule has 25 heavy (non-hydrogen) atoms. The Morgan fingerprint density at radius 3 is 2.60 bits per heavy atom. The van der Waals surface area contributed by atoms with Gasteiger partial charge in [-0.3, -0.25) is 4.79 Å². The van der Waals surface area contributed by atoms with Crippen LogP contribution in [-0.2, 0) is 17.8 Å². The monoisotopic (exact) mass is 342 g/mol. The molecule has 1 saturated heterocycles. The number of carbonyl (C=O) groups is 1. The van der Waals surface area contributed by atoms with Crippen molar-refractivity contribution in [2.24, 2.45) is 5.92 Å². The highest BCUT2D eigenvalue weighted by atomic mass is 19.1. The molecule has 2 heterocycles. The molecule has 1 aromatic carbocycles. The first-order valence-electron chi connectivity index (χ1n) is 8.67. The number of rotatable bonds is 5. The van der Waals surface area contributed by atoms with Gasteiger partial charge < -0.3 is 10.2 Å². The topological polar surface area (TPSA) is 58.1 Å². The van der Waals surface area contributed by atoms with Crippen LogP contribution in [0.3, 0.4) is 0 Å². The van der Waals surface area contributed by atoms with E-state index in [1.807, 2.05) is 23.1 Å². The fraction of sp³-hybridized carbons (Fsp3) is 0.421. The zero-order valence-electron chi connectivity index (χ0n) is 14.4. The number of hydrogen-bond acceptors (Lipinski definition) is 4. The predicted octanol–water partition coefficient (Wildman–Crippen LogP) is 3.03. The summed E-state index contributed by atoms with van der Waals surface area (Å²) in [4.78, 5) is 13.3. The van der Waals surface area contributed by atoms with E-state index in [0.717, 1.165) is 38.0 Å². The molecule has 1 aromatic heterocycles. The van der Waals surface area contributed by atoms with E-state index >= 15 is 0 Å². The molecule has 3 rings (SSSR count). The zero-order chi connectivity index (χ0) is 17.6. The highest BCUT2D eigenvalue weighted by molar-refractivity contribution is 5.73. The summed E-state index contributed by atoms with van der Waals surface area (Å²) >= 11 is 0. The molecule has 0 aliphatic carbocycles. The second-order valence-corrected chi connectivity index (χ2v) is 6.51. The van der Waals surface area contributed by atoms with Crippen LogP contribution in [0.5, 0.6) is 0 Å². The molecule has 2 aromatic rings. The van der Waals surface area contributed by atoms with E-state index in [-0.39, 0.29) is 11.7 Å². The number of carbonyl (C=O) groups excluding carboxylic acids is 1. The minimum absolute atomic E-state index is 0.156. The van der Waals surface area contributed by atoms with E-state index in [9.17, 15) is 9.18 Å².